The predicted molar refractivity (Wildman–Crippen MR) is 132 cm³/mol. The van der Waals surface area contributed by atoms with Crippen molar-refractivity contribution in [3.05, 3.63) is 65.7 Å². The molecule has 1 unspecified atom stereocenters. The van der Waals surface area contributed by atoms with E-state index in [0.29, 0.717) is 56.3 Å². The van der Waals surface area contributed by atoms with Gasteiger partial charge < -0.3 is 9.80 Å². The lowest BCUT2D eigenvalue weighted by Crippen LogP contribution is -2.51. The molecular formula is C26H33FN6O. The number of amides is 1. The van der Waals surface area contributed by atoms with Crippen molar-refractivity contribution in [2.24, 2.45) is 7.05 Å². The second-order valence-electron chi connectivity index (χ2n) is 8.62. The molecule has 2 aromatic carbocycles. The van der Waals surface area contributed by atoms with E-state index in [4.69, 9.17) is 0 Å². The molecule has 0 saturated carbocycles. The van der Waals surface area contributed by atoms with E-state index in [2.05, 4.69) is 19.9 Å². The van der Waals surface area contributed by atoms with Crippen molar-refractivity contribution in [2.75, 3.05) is 44.2 Å². The number of carbonyl (C=O) groups is 1. The van der Waals surface area contributed by atoms with E-state index < -0.39 is 0 Å². The van der Waals surface area contributed by atoms with Crippen molar-refractivity contribution < 1.29 is 9.18 Å². The quantitative estimate of drug-likeness (QED) is 0.534. The lowest BCUT2D eigenvalue weighted by atomic mass is 10.0. The standard InChI is InChI=1S/C26H33FN6O/c1-5-31(6-2)26(34)24(20-10-8-7-9-11-20)33-16-14-32(15-17-33)23-13-12-21(18-22(23)27)25-28-19(3)30(4)29-25/h7-13,18,24H,5-6,14-17H2,1-4H3. The maximum atomic E-state index is 15.1. The summed E-state index contributed by atoms with van der Waals surface area (Å²) >= 11 is 0. The number of hydrogen-bond acceptors (Lipinski definition) is 5. The van der Waals surface area contributed by atoms with Crippen molar-refractivity contribution in [3.63, 3.8) is 0 Å². The molecular weight excluding hydrogens is 431 g/mol. The first-order chi connectivity index (χ1) is 16.4. The molecule has 0 N–H and O–H groups in total. The summed E-state index contributed by atoms with van der Waals surface area (Å²) in [6.45, 7) is 9.89. The summed E-state index contributed by atoms with van der Waals surface area (Å²) in [7, 11) is 1.82. The minimum Gasteiger partial charge on any atom is -0.367 e. The monoisotopic (exact) mass is 464 g/mol. The van der Waals surface area contributed by atoms with Crippen LogP contribution in [-0.4, -0.2) is 69.7 Å². The maximum Gasteiger partial charge on any atom is 0.244 e. The lowest BCUT2D eigenvalue weighted by molar-refractivity contribution is -0.137. The highest BCUT2D eigenvalue weighted by atomic mass is 19.1. The Bertz CT molecular complexity index is 1100. The van der Waals surface area contributed by atoms with Gasteiger partial charge in [0.25, 0.3) is 0 Å². The number of piperazine rings is 1. The second kappa shape index (κ2) is 10.3. The molecule has 1 fully saturated rings. The maximum absolute atomic E-state index is 15.1. The Kier molecular flexibility index (Phi) is 7.26. The minimum absolute atomic E-state index is 0.123. The normalized spacial score (nSPS) is 15.4. The molecule has 1 aromatic heterocycles. The molecule has 1 aliphatic heterocycles. The number of nitrogens with zero attached hydrogens (tertiary/aromatic N) is 6. The molecule has 1 aliphatic rings. The number of likely N-dealkylation sites (N-methyl/N-ethyl adjacent to an activating group) is 1. The van der Waals surface area contributed by atoms with Gasteiger partial charge in [-0.15, -0.1) is 0 Å². The van der Waals surface area contributed by atoms with Gasteiger partial charge in [-0.1, -0.05) is 30.3 Å². The van der Waals surface area contributed by atoms with Crippen LogP contribution >= 0.6 is 0 Å². The number of hydrogen-bond donors (Lipinski definition) is 0. The highest BCUT2D eigenvalue weighted by Crippen LogP contribution is 2.29. The topological polar surface area (TPSA) is 57.5 Å². The number of rotatable bonds is 7. The van der Waals surface area contributed by atoms with Gasteiger partial charge >= 0.3 is 0 Å². The van der Waals surface area contributed by atoms with E-state index in [0.717, 1.165) is 11.4 Å². The summed E-state index contributed by atoms with van der Waals surface area (Å²) < 4.78 is 16.8. The van der Waals surface area contributed by atoms with Crippen molar-refractivity contribution >= 4 is 11.6 Å². The Morgan fingerprint density at radius 1 is 1.06 bits per heavy atom. The number of halogens is 1. The first kappa shape index (κ1) is 23.9. The van der Waals surface area contributed by atoms with Crippen LogP contribution in [0.2, 0.25) is 0 Å². The molecule has 34 heavy (non-hydrogen) atoms. The zero-order valence-electron chi connectivity index (χ0n) is 20.4. The van der Waals surface area contributed by atoms with Crippen LogP contribution in [-0.2, 0) is 11.8 Å². The Labute approximate surface area is 200 Å². The Hall–Kier alpha value is -3.26. The van der Waals surface area contributed by atoms with E-state index in [9.17, 15) is 4.79 Å². The molecule has 0 aliphatic carbocycles. The van der Waals surface area contributed by atoms with Crippen LogP contribution in [0.4, 0.5) is 10.1 Å². The third-order valence-corrected chi connectivity index (χ3v) is 6.63. The zero-order valence-corrected chi connectivity index (χ0v) is 20.4. The Balaban J connectivity index is 1.50. The Morgan fingerprint density at radius 3 is 2.29 bits per heavy atom. The minimum atomic E-state index is -0.325. The van der Waals surface area contributed by atoms with Crippen molar-refractivity contribution in [1.82, 2.24) is 24.6 Å². The summed E-state index contributed by atoms with van der Waals surface area (Å²) in [6, 6.07) is 14.8. The molecule has 1 atom stereocenters. The summed E-state index contributed by atoms with van der Waals surface area (Å²) in [5.74, 6) is 1.15. The fourth-order valence-electron chi connectivity index (χ4n) is 4.56. The van der Waals surface area contributed by atoms with Crippen LogP contribution < -0.4 is 4.90 Å². The fraction of sp³-hybridized carbons (Fsp3) is 0.423. The molecule has 1 saturated heterocycles. The van der Waals surface area contributed by atoms with E-state index >= 15 is 4.39 Å². The lowest BCUT2D eigenvalue weighted by Gasteiger charge is -2.41. The molecule has 3 aromatic rings. The smallest absolute Gasteiger partial charge is 0.244 e. The van der Waals surface area contributed by atoms with Crippen molar-refractivity contribution in [1.29, 1.82) is 0 Å². The average molecular weight is 465 g/mol. The first-order valence-corrected chi connectivity index (χ1v) is 11.9. The van der Waals surface area contributed by atoms with Crippen LogP contribution in [0.5, 0.6) is 0 Å². The summed E-state index contributed by atoms with van der Waals surface area (Å²) in [5.41, 5.74) is 2.24. The summed E-state index contributed by atoms with van der Waals surface area (Å²) in [6.07, 6.45) is 0. The van der Waals surface area contributed by atoms with Gasteiger partial charge in [-0.05, 0) is 44.5 Å². The van der Waals surface area contributed by atoms with Gasteiger partial charge in [0, 0.05) is 51.9 Å². The van der Waals surface area contributed by atoms with Gasteiger partial charge in [0.1, 0.15) is 17.7 Å². The molecule has 0 bridgehead atoms. The van der Waals surface area contributed by atoms with E-state index in [1.54, 1.807) is 4.68 Å². The van der Waals surface area contributed by atoms with Gasteiger partial charge in [0.2, 0.25) is 5.91 Å². The number of benzene rings is 2. The molecule has 8 heteroatoms. The Morgan fingerprint density at radius 2 is 1.74 bits per heavy atom. The molecule has 4 rings (SSSR count). The SMILES string of the molecule is CCN(CC)C(=O)C(c1ccccc1)N1CCN(c2ccc(-c3nc(C)n(C)n3)cc2F)CC1. The van der Waals surface area contributed by atoms with Crippen LogP contribution in [0.15, 0.2) is 48.5 Å². The molecule has 180 valence electrons. The van der Waals surface area contributed by atoms with Crippen LogP contribution in [0.25, 0.3) is 11.4 Å². The van der Waals surface area contributed by atoms with E-state index in [-0.39, 0.29) is 17.8 Å². The molecule has 0 spiro atoms. The molecule has 1 amide bonds. The number of aryl methyl sites for hydroxylation is 2. The number of carbonyl (C=O) groups excluding carboxylic acids is 1. The van der Waals surface area contributed by atoms with Gasteiger partial charge in [0.05, 0.1) is 5.69 Å². The zero-order chi connectivity index (χ0) is 24.2. The van der Waals surface area contributed by atoms with Crippen LogP contribution in [0, 0.1) is 12.7 Å². The number of anilines is 1. The molecule has 7 nitrogen and oxygen atoms in total. The summed E-state index contributed by atoms with van der Waals surface area (Å²) in [4.78, 5) is 24.0. The fourth-order valence-corrected chi connectivity index (χ4v) is 4.56. The highest BCUT2D eigenvalue weighted by Gasteiger charge is 2.33. The predicted octanol–water partition coefficient (Wildman–Crippen LogP) is 3.66. The third-order valence-electron chi connectivity index (χ3n) is 6.63. The molecule has 2 heterocycles. The number of aromatic nitrogens is 3. The van der Waals surface area contributed by atoms with Crippen LogP contribution in [0.3, 0.4) is 0 Å². The van der Waals surface area contributed by atoms with Crippen LogP contribution in [0.1, 0.15) is 31.3 Å². The largest absolute Gasteiger partial charge is 0.367 e. The second-order valence-corrected chi connectivity index (χ2v) is 8.62. The van der Waals surface area contributed by atoms with Gasteiger partial charge in [-0.25, -0.2) is 9.37 Å². The third kappa shape index (κ3) is 4.82. The highest BCUT2D eigenvalue weighted by molar-refractivity contribution is 5.83. The van der Waals surface area contributed by atoms with Gasteiger partial charge in [-0.2, -0.15) is 5.10 Å². The molecule has 0 radical (unpaired) electrons. The first-order valence-electron chi connectivity index (χ1n) is 11.9. The van der Waals surface area contributed by atoms with Gasteiger partial charge in [-0.3, -0.25) is 14.4 Å². The van der Waals surface area contributed by atoms with Gasteiger partial charge in [0.15, 0.2) is 5.82 Å². The summed E-state index contributed by atoms with van der Waals surface area (Å²) in [5, 5.41) is 4.35. The van der Waals surface area contributed by atoms with Crippen molar-refractivity contribution in [2.45, 2.75) is 26.8 Å². The van der Waals surface area contributed by atoms with E-state index in [1.807, 2.05) is 75.2 Å². The average Bonchev–Trinajstić information content (AvgIpc) is 3.19. The van der Waals surface area contributed by atoms with E-state index in [1.165, 1.54) is 6.07 Å². The van der Waals surface area contributed by atoms with Crippen molar-refractivity contribution in [3.8, 4) is 11.4 Å².